The van der Waals surface area contributed by atoms with Gasteiger partial charge in [0.15, 0.2) is 11.5 Å². The van der Waals surface area contributed by atoms with E-state index in [2.05, 4.69) is 5.32 Å². The van der Waals surface area contributed by atoms with Gasteiger partial charge in [-0.15, -0.1) is 0 Å². The van der Waals surface area contributed by atoms with Gasteiger partial charge in [-0.2, -0.15) is 5.26 Å². The minimum Gasteiger partial charge on any atom is -0.493 e. The molecule has 7 nitrogen and oxygen atoms in total. The molecule has 3 aromatic rings. The fourth-order valence-electron chi connectivity index (χ4n) is 4.27. The first-order valence-corrected chi connectivity index (χ1v) is 12.7. The van der Waals surface area contributed by atoms with Crippen LogP contribution in [-0.2, 0) is 17.9 Å². The fourth-order valence-corrected chi connectivity index (χ4v) is 4.27. The minimum absolute atomic E-state index is 0.00385. The summed E-state index contributed by atoms with van der Waals surface area (Å²) < 4.78 is 11.5. The maximum absolute atomic E-state index is 12.7. The second-order valence-corrected chi connectivity index (χ2v) is 9.09. The van der Waals surface area contributed by atoms with Gasteiger partial charge in [0.05, 0.1) is 7.11 Å². The molecule has 1 N–H and O–H groups in total. The van der Waals surface area contributed by atoms with Crippen molar-refractivity contribution < 1.29 is 19.1 Å². The zero-order valence-electron chi connectivity index (χ0n) is 21.5. The van der Waals surface area contributed by atoms with Crippen LogP contribution in [0.2, 0.25) is 0 Å². The molecule has 194 valence electrons. The van der Waals surface area contributed by atoms with Gasteiger partial charge in [0.1, 0.15) is 18.2 Å². The van der Waals surface area contributed by atoms with E-state index in [0.717, 1.165) is 37.1 Å². The van der Waals surface area contributed by atoms with Gasteiger partial charge in [-0.05, 0) is 66.3 Å². The Kier molecular flexibility index (Phi) is 9.14. The zero-order valence-corrected chi connectivity index (χ0v) is 21.5. The predicted molar refractivity (Wildman–Crippen MR) is 145 cm³/mol. The summed E-state index contributed by atoms with van der Waals surface area (Å²) >= 11 is 0. The van der Waals surface area contributed by atoms with Crippen molar-refractivity contribution in [3.63, 3.8) is 0 Å². The molecular weight excluding hydrogens is 478 g/mol. The maximum Gasteiger partial charge on any atom is 0.262 e. The monoisotopic (exact) mass is 509 g/mol. The third kappa shape index (κ3) is 7.01. The molecule has 0 saturated carbocycles. The molecule has 38 heavy (non-hydrogen) atoms. The first-order chi connectivity index (χ1) is 18.6. The number of benzene rings is 3. The second kappa shape index (κ2) is 13.1. The smallest absolute Gasteiger partial charge is 0.262 e. The summed E-state index contributed by atoms with van der Waals surface area (Å²) in [6.07, 6.45) is 4.83. The highest BCUT2D eigenvalue weighted by atomic mass is 16.5. The van der Waals surface area contributed by atoms with Gasteiger partial charge in [0.2, 0.25) is 0 Å². The number of nitrogens with zero attached hydrogens (tertiary/aromatic N) is 2. The van der Waals surface area contributed by atoms with Crippen LogP contribution in [0.4, 0.5) is 0 Å². The van der Waals surface area contributed by atoms with E-state index in [9.17, 15) is 14.9 Å². The summed E-state index contributed by atoms with van der Waals surface area (Å²) in [6, 6.07) is 24.2. The summed E-state index contributed by atoms with van der Waals surface area (Å²) in [4.78, 5) is 27.1. The van der Waals surface area contributed by atoms with E-state index in [-0.39, 0.29) is 11.5 Å². The zero-order chi connectivity index (χ0) is 26.7. The number of likely N-dealkylation sites (tertiary alicyclic amines) is 1. The van der Waals surface area contributed by atoms with Crippen molar-refractivity contribution in [1.82, 2.24) is 10.2 Å². The molecule has 0 bridgehead atoms. The van der Waals surface area contributed by atoms with E-state index in [1.807, 2.05) is 65.6 Å². The summed E-state index contributed by atoms with van der Waals surface area (Å²) in [5, 5.41) is 12.3. The number of ether oxygens (including phenoxy) is 2. The molecule has 3 aromatic carbocycles. The molecule has 0 spiro atoms. The lowest BCUT2D eigenvalue weighted by atomic mass is 10.1. The normalized spacial score (nSPS) is 13.4. The molecule has 0 unspecified atom stereocenters. The summed E-state index contributed by atoms with van der Waals surface area (Å²) in [7, 11) is 1.54. The molecule has 1 aliphatic heterocycles. The Hall–Kier alpha value is -4.57. The standard InChI is InChI=1S/C31H31N3O4/c1-37-29-19-25(18-27(20-32)30(35)33-21-23-8-4-2-5-9-23)12-15-28(29)38-22-24-10-13-26(14-11-24)31(36)34-16-6-3-7-17-34/h2,4-5,8-15,18-19H,3,6-7,16-17,21-22H2,1H3,(H,33,35)/b27-18-. The lowest BCUT2D eigenvalue weighted by Crippen LogP contribution is -2.35. The maximum atomic E-state index is 12.7. The molecule has 0 aromatic heterocycles. The molecule has 4 rings (SSSR count). The molecule has 1 aliphatic rings. The van der Waals surface area contributed by atoms with Gasteiger partial charge in [-0.3, -0.25) is 9.59 Å². The molecule has 1 saturated heterocycles. The van der Waals surface area contributed by atoms with Gasteiger partial charge in [0.25, 0.3) is 11.8 Å². The average Bonchev–Trinajstić information content (AvgIpc) is 2.98. The number of nitriles is 1. The quantitative estimate of drug-likeness (QED) is 0.319. The molecular formula is C31H31N3O4. The van der Waals surface area contributed by atoms with Crippen LogP contribution in [0.3, 0.4) is 0 Å². The van der Waals surface area contributed by atoms with Gasteiger partial charge in [-0.25, -0.2) is 0 Å². The molecule has 0 radical (unpaired) electrons. The predicted octanol–water partition coefficient (Wildman–Crippen LogP) is 5.12. The Morgan fingerprint density at radius 1 is 0.947 bits per heavy atom. The SMILES string of the molecule is COc1cc(/C=C(/C#N)C(=O)NCc2ccccc2)ccc1OCc1ccc(C(=O)N2CCCCC2)cc1. The largest absolute Gasteiger partial charge is 0.493 e. The topological polar surface area (TPSA) is 91.7 Å². The van der Waals surface area contributed by atoms with Gasteiger partial charge < -0.3 is 19.7 Å². The first kappa shape index (κ1) is 26.5. The number of carbonyl (C=O) groups excluding carboxylic acids is 2. The van der Waals surface area contributed by atoms with Crippen LogP contribution in [-0.4, -0.2) is 36.9 Å². The average molecular weight is 510 g/mol. The van der Waals surface area contributed by atoms with Crippen molar-refractivity contribution in [3.8, 4) is 17.6 Å². The van der Waals surface area contributed by atoms with Crippen molar-refractivity contribution >= 4 is 17.9 Å². The van der Waals surface area contributed by atoms with Gasteiger partial charge >= 0.3 is 0 Å². The molecule has 0 aliphatic carbocycles. The van der Waals surface area contributed by atoms with E-state index in [0.29, 0.717) is 35.8 Å². The Bertz CT molecular complexity index is 1320. The Morgan fingerprint density at radius 2 is 1.68 bits per heavy atom. The third-order valence-electron chi connectivity index (χ3n) is 6.40. The summed E-state index contributed by atoms with van der Waals surface area (Å²) in [5.74, 6) is 0.647. The van der Waals surface area contributed by atoms with Crippen molar-refractivity contribution in [3.05, 3.63) is 101 Å². The molecule has 7 heteroatoms. The van der Waals surface area contributed by atoms with E-state index >= 15 is 0 Å². The van der Waals surface area contributed by atoms with E-state index in [1.165, 1.54) is 19.6 Å². The highest BCUT2D eigenvalue weighted by Gasteiger charge is 2.18. The lowest BCUT2D eigenvalue weighted by molar-refractivity contribution is -0.117. The van der Waals surface area contributed by atoms with Crippen LogP contribution in [0.5, 0.6) is 11.5 Å². The van der Waals surface area contributed by atoms with E-state index < -0.39 is 5.91 Å². The number of piperidine rings is 1. The van der Waals surface area contributed by atoms with Crippen LogP contribution in [0.1, 0.15) is 46.3 Å². The lowest BCUT2D eigenvalue weighted by Gasteiger charge is -2.26. The highest BCUT2D eigenvalue weighted by molar-refractivity contribution is 6.01. The van der Waals surface area contributed by atoms with E-state index in [1.54, 1.807) is 18.2 Å². The van der Waals surface area contributed by atoms with Crippen molar-refractivity contribution in [1.29, 1.82) is 5.26 Å². The number of hydrogen-bond acceptors (Lipinski definition) is 5. The van der Waals surface area contributed by atoms with Crippen LogP contribution < -0.4 is 14.8 Å². The highest BCUT2D eigenvalue weighted by Crippen LogP contribution is 2.30. The minimum atomic E-state index is -0.446. The number of methoxy groups -OCH3 is 1. The van der Waals surface area contributed by atoms with Crippen LogP contribution in [0.15, 0.2) is 78.4 Å². The Labute approximate surface area is 223 Å². The Morgan fingerprint density at radius 3 is 2.37 bits per heavy atom. The fraction of sp³-hybridized carbons (Fsp3) is 0.258. The van der Waals surface area contributed by atoms with Crippen molar-refractivity contribution in [2.45, 2.75) is 32.4 Å². The molecule has 1 fully saturated rings. The van der Waals surface area contributed by atoms with Crippen LogP contribution in [0.25, 0.3) is 6.08 Å². The summed E-state index contributed by atoms with van der Waals surface area (Å²) in [5.41, 5.74) is 3.19. The number of amides is 2. The van der Waals surface area contributed by atoms with Gasteiger partial charge in [0, 0.05) is 25.2 Å². The molecule has 0 atom stereocenters. The Balaban J connectivity index is 1.37. The number of carbonyl (C=O) groups is 2. The van der Waals surface area contributed by atoms with Crippen molar-refractivity contribution in [2.24, 2.45) is 0 Å². The second-order valence-electron chi connectivity index (χ2n) is 9.09. The van der Waals surface area contributed by atoms with E-state index in [4.69, 9.17) is 9.47 Å². The van der Waals surface area contributed by atoms with Crippen LogP contribution >= 0.6 is 0 Å². The molecule has 1 heterocycles. The number of hydrogen-bond donors (Lipinski definition) is 1. The van der Waals surface area contributed by atoms with Gasteiger partial charge in [-0.1, -0.05) is 48.5 Å². The number of nitrogens with one attached hydrogen (secondary N) is 1. The first-order valence-electron chi connectivity index (χ1n) is 12.7. The molecule has 2 amide bonds. The van der Waals surface area contributed by atoms with Crippen molar-refractivity contribution in [2.75, 3.05) is 20.2 Å². The number of rotatable bonds is 9. The van der Waals surface area contributed by atoms with Crippen LogP contribution in [0, 0.1) is 11.3 Å². The summed E-state index contributed by atoms with van der Waals surface area (Å²) in [6.45, 7) is 2.28. The third-order valence-corrected chi connectivity index (χ3v) is 6.40.